The van der Waals surface area contributed by atoms with Crippen molar-refractivity contribution < 1.29 is 18.0 Å². The van der Waals surface area contributed by atoms with Gasteiger partial charge in [-0.15, -0.1) is 0 Å². The first-order valence-corrected chi connectivity index (χ1v) is 16.1. The molecule has 0 N–H and O–H groups in total. The van der Waals surface area contributed by atoms with Crippen molar-refractivity contribution >= 4 is 11.6 Å². The van der Waals surface area contributed by atoms with Crippen LogP contribution in [0.3, 0.4) is 0 Å². The number of anilines is 1. The van der Waals surface area contributed by atoms with Crippen molar-refractivity contribution in [2.75, 3.05) is 18.0 Å². The molecule has 3 aromatic rings. The second kappa shape index (κ2) is 14.0. The zero-order valence-corrected chi connectivity index (χ0v) is 26.2. The van der Waals surface area contributed by atoms with Gasteiger partial charge in [0.25, 0.3) is 0 Å². The molecule has 0 bridgehead atoms. The van der Waals surface area contributed by atoms with Crippen LogP contribution in [-0.2, 0) is 17.8 Å². The third kappa shape index (κ3) is 6.87. The lowest BCUT2D eigenvalue weighted by molar-refractivity contribution is -0.121. The summed E-state index contributed by atoms with van der Waals surface area (Å²) in [6.07, 6.45) is 8.81. The van der Waals surface area contributed by atoms with Gasteiger partial charge in [-0.25, -0.2) is 18.2 Å². The summed E-state index contributed by atoms with van der Waals surface area (Å²) in [5.41, 5.74) is 5.82. The van der Waals surface area contributed by atoms with Gasteiger partial charge < -0.3 is 9.80 Å². The van der Waals surface area contributed by atoms with Gasteiger partial charge in [0.05, 0.1) is 12.2 Å². The van der Waals surface area contributed by atoms with E-state index >= 15 is 0 Å². The molecule has 0 amide bonds. The fourth-order valence-corrected chi connectivity index (χ4v) is 6.83. The number of hydrogen-bond acceptors (Lipinski definition) is 4. The Morgan fingerprint density at radius 1 is 0.955 bits per heavy atom. The fourth-order valence-electron chi connectivity index (χ4n) is 6.83. The normalized spacial score (nSPS) is 20.3. The van der Waals surface area contributed by atoms with Crippen LogP contribution in [0.25, 0.3) is 11.1 Å². The maximum atomic E-state index is 14.0. The number of benzene rings is 2. The lowest BCUT2D eigenvalue weighted by Gasteiger charge is -2.33. The molecule has 1 aromatic heterocycles. The molecule has 234 valence electrons. The van der Waals surface area contributed by atoms with E-state index in [9.17, 15) is 18.0 Å². The topological polar surface area (TPSA) is 36.4 Å². The standard InChI is InChI=1S/C29H30F3N3.C8H14O/c1-4-20-8-5-6-9-22(20)23-10-11-28(34-12-7-13-34)33-27(23)17-35-18(2)14-24(19(35)3)21-15-25(30)29(32)26(31)16-21;1-7(9)8-5-3-2-4-6-8/h5-6,8-11,15-16,19,24H,2,4,7,12-14,17H2,1,3H3;8H,2-6H2,1H3. The molecule has 0 spiro atoms. The van der Waals surface area contributed by atoms with Crippen LogP contribution in [0.15, 0.2) is 60.8 Å². The van der Waals surface area contributed by atoms with Crippen LogP contribution >= 0.6 is 0 Å². The third-order valence-corrected chi connectivity index (χ3v) is 9.70. The second-order valence-corrected chi connectivity index (χ2v) is 12.5. The molecule has 7 heteroatoms. The Hall–Kier alpha value is -3.61. The highest BCUT2D eigenvalue weighted by Gasteiger charge is 2.36. The van der Waals surface area contributed by atoms with E-state index in [0.29, 0.717) is 30.2 Å². The number of rotatable bonds is 7. The van der Waals surface area contributed by atoms with E-state index in [1.54, 1.807) is 6.92 Å². The van der Waals surface area contributed by atoms with E-state index in [0.717, 1.165) is 67.3 Å². The summed E-state index contributed by atoms with van der Waals surface area (Å²) >= 11 is 0. The van der Waals surface area contributed by atoms with Gasteiger partial charge in [-0.3, -0.25) is 4.79 Å². The fraction of sp³-hybridized carbons (Fsp3) is 0.459. The summed E-state index contributed by atoms with van der Waals surface area (Å²) in [6.45, 7) is 12.7. The van der Waals surface area contributed by atoms with Crippen LogP contribution in [-0.4, -0.2) is 34.8 Å². The van der Waals surface area contributed by atoms with Gasteiger partial charge in [0, 0.05) is 42.2 Å². The molecular weight excluding hydrogens is 559 g/mol. The summed E-state index contributed by atoms with van der Waals surface area (Å²) < 4.78 is 41.5. The summed E-state index contributed by atoms with van der Waals surface area (Å²) in [4.78, 5) is 20.3. The van der Waals surface area contributed by atoms with Crippen LogP contribution in [0, 0.1) is 23.4 Å². The molecule has 2 unspecified atom stereocenters. The van der Waals surface area contributed by atoms with Crippen LogP contribution in [0.4, 0.5) is 19.0 Å². The second-order valence-electron chi connectivity index (χ2n) is 12.5. The average molecular weight is 604 g/mol. The molecule has 2 aliphatic heterocycles. The van der Waals surface area contributed by atoms with Crippen LogP contribution in [0.2, 0.25) is 0 Å². The van der Waals surface area contributed by atoms with Gasteiger partial charge in [0.2, 0.25) is 0 Å². The molecular formula is C37H44F3N3O. The first-order chi connectivity index (χ1) is 21.2. The number of hydrogen-bond donors (Lipinski definition) is 0. The highest BCUT2D eigenvalue weighted by atomic mass is 19.2. The Kier molecular flexibility index (Phi) is 10.1. The monoisotopic (exact) mass is 603 g/mol. The number of carbonyl (C=O) groups excluding carboxylic acids is 1. The van der Waals surface area contributed by atoms with E-state index < -0.39 is 17.5 Å². The maximum Gasteiger partial charge on any atom is 0.194 e. The number of allylic oxidation sites excluding steroid dienone is 1. The molecule has 4 nitrogen and oxygen atoms in total. The summed E-state index contributed by atoms with van der Waals surface area (Å²) in [5, 5.41) is 0. The van der Waals surface area contributed by atoms with Crippen molar-refractivity contribution in [3.63, 3.8) is 0 Å². The SMILES string of the molecule is C=C1CC(c2cc(F)c(F)c(F)c2)C(C)N1Cc1nc(N2CCC2)ccc1-c1ccccc1CC.CC(=O)C1CCCCC1. The molecule has 0 radical (unpaired) electrons. The van der Waals surface area contributed by atoms with Crippen molar-refractivity contribution in [1.82, 2.24) is 9.88 Å². The van der Waals surface area contributed by atoms with Crippen molar-refractivity contribution in [2.24, 2.45) is 5.92 Å². The molecule has 1 aliphatic carbocycles. The van der Waals surface area contributed by atoms with Gasteiger partial charge in [-0.05, 0) is 86.9 Å². The van der Waals surface area contributed by atoms with Crippen molar-refractivity contribution in [1.29, 1.82) is 0 Å². The van der Waals surface area contributed by atoms with Crippen molar-refractivity contribution in [3.8, 4) is 11.1 Å². The van der Waals surface area contributed by atoms with Crippen LogP contribution in [0.1, 0.15) is 88.5 Å². The molecule has 44 heavy (non-hydrogen) atoms. The van der Waals surface area contributed by atoms with Gasteiger partial charge in [0.1, 0.15) is 11.6 Å². The van der Waals surface area contributed by atoms with Crippen molar-refractivity contribution in [2.45, 2.75) is 90.6 Å². The van der Waals surface area contributed by atoms with Crippen LogP contribution in [0.5, 0.6) is 0 Å². The maximum absolute atomic E-state index is 14.0. The minimum absolute atomic E-state index is 0.0736. The third-order valence-electron chi connectivity index (χ3n) is 9.70. The van der Waals surface area contributed by atoms with Crippen molar-refractivity contribution in [3.05, 3.63) is 95.1 Å². The number of pyridine rings is 1. The molecule has 6 rings (SSSR count). The van der Waals surface area contributed by atoms with E-state index in [2.05, 4.69) is 53.6 Å². The number of carbonyl (C=O) groups is 1. The first kappa shape index (κ1) is 31.8. The lowest BCUT2D eigenvalue weighted by atomic mass is 9.87. The molecule has 1 saturated carbocycles. The van der Waals surface area contributed by atoms with E-state index in [1.165, 1.54) is 36.8 Å². The molecule has 2 aromatic carbocycles. The number of aryl methyl sites for hydroxylation is 1. The van der Waals surface area contributed by atoms with E-state index in [-0.39, 0.29) is 12.0 Å². The van der Waals surface area contributed by atoms with Gasteiger partial charge >= 0.3 is 0 Å². The zero-order chi connectivity index (χ0) is 31.4. The van der Waals surface area contributed by atoms with E-state index in [1.807, 2.05) is 13.0 Å². The lowest BCUT2D eigenvalue weighted by Crippen LogP contribution is -2.38. The first-order valence-electron chi connectivity index (χ1n) is 16.1. The van der Waals surface area contributed by atoms with Gasteiger partial charge in [-0.1, -0.05) is 57.0 Å². The average Bonchev–Trinajstić information content (AvgIpc) is 3.28. The molecule has 3 fully saturated rings. The number of nitrogens with zero attached hydrogens (tertiary/aromatic N) is 3. The Bertz CT molecular complexity index is 1470. The molecule has 3 aliphatic rings. The highest BCUT2D eigenvalue weighted by molar-refractivity contribution is 5.78. The largest absolute Gasteiger partial charge is 0.366 e. The molecule has 2 atom stereocenters. The number of aromatic nitrogens is 1. The molecule has 3 heterocycles. The van der Waals surface area contributed by atoms with Gasteiger partial charge in [0.15, 0.2) is 17.5 Å². The Balaban J connectivity index is 0.000000367. The molecule has 2 saturated heterocycles. The number of likely N-dealkylation sites (tertiary alicyclic amines) is 1. The predicted octanol–water partition coefficient (Wildman–Crippen LogP) is 8.99. The quantitative estimate of drug-likeness (QED) is 0.253. The van der Waals surface area contributed by atoms with Crippen LogP contribution < -0.4 is 4.90 Å². The smallest absolute Gasteiger partial charge is 0.194 e. The zero-order valence-electron chi connectivity index (χ0n) is 26.2. The minimum Gasteiger partial charge on any atom is -0.366 e. The Labute approximate surface area is 260 Å². The number of ketones is 1. The Morgan fingerprint density at radius 3 is 2.23 bits per heavy atom. The van der Waals surface area contributed by atoms with Gasteiger partial charge in [-0.2, -0.15) is 0 Å². The summed E-state index contributed by atoms with van der Waals surface area (Å²) in [7, 11) is 0. The predicted molar refractivity (Wildman–Crippen MR) is 171 cm³/mol. The minimum atomic E-state index is -1.43. The highest BCUT2D eigenvalue weighted by Crippen LogP contribution is 2.41. The number of Topliss-reactive ketones (excluding diaryl/α,β-unsaturated/α-hetero) is 1. The van der Waals surface area contributed by atoms with E-state index in [4.69, 9.17) is 4.98 Å². The summed E-state index contributed by atoms with van der Waals surface area (Å²) in [6, 6.07) is 14.8. The Morgan fingerprint density at radius 2 is 1.64 bits per heavy atom. The number of halogens is 3. The summed E-state index contributed by atoms with van der Waals surface area (Å²) in [5.74, 6) is -2.13.